The van der Waals surface area contributed by atoms with Crippen LogP contribution in [0.25, 0.3) is 0 Å². The smallest absolute Gasteiger partial charge is 0.0931 e. The minimum absolute atomic E-state index is 0.414. The van der Waals surface area contributed by atoms with E-state index < -0.39 is 0 Å². The van der Waals surface area contributed by atoms with E-state index in [1.807, 2.05) is 13.1 Å². The number of rotatable bonds is 5. The highest BCUT2D eigenvalue weighted by Crippen LogP contribution is 2.29. The quantitative estimate of drug-likeness (QED) is 0.852. The summed E-state index contributed by atoms with van der Waals surface area (Å²) in [6, 6.07) is 6.69. The van der Waals surface area contributed by atoms with Crippen LogP contribution in [0.4, 0.5) is 0 Å². The van der Waals surface area contributed by atoms with E-state index in [2.05, 4.69) is 28.2 Å². The summed E-state index contributed by atoms with van der Waals surface area (Å²) in [6.07, 6.45) is 2.23. The van der Waals surface area contributed by atoms with Gasteiger partial charge in [0.25, 0.3) is 0 Å². The van der Waals surface area contributed by atoms with E-state index in [1.54, 1.807) is 22.7 Å². The summed E-state index contributed by atoms with van der Waals surface area (Å²) < 4.78 is 0.866. The van der Waals surface area contributed by atoms with Crippen molar-refractivity contribution in [2.45, 2.75) is 18.9 Å². The maximum atomic E-state index is 5.95. The average Bonchev–Trinajstić information content (AvgIpc) is 2.91. The Bertz CT molecular complexity index is 422. The van der Waals surface area contributed by atoms with Crippen LogP contribution in [-0.4, -0.2) is 7.05 Å². The number of thiophene rings is 2. The number of hydrogen-bond acceptors (Lipinski definition) is 3. The third-order valence-electron chi connectivity index (χ3n) is 2.59. The lowest BCUT2D eigenvalue weighted by molar-refractivity contribution is 0.558. The van der Waals surface area contributed by atoms with Crippen molar-refractivity contribution in [2.75, 3.05) is 7.05 Å². The molecule has 86 valence electrons. The molecule has 1 atom stereocenters. The van der Waals surface area contributed by atoms with Crippen molar-refractivity contribution in [1.82, 2.24) is 5.32 Å². The lowest BCUT2D eigenvalue weighted by Crippen LogP contribution is -2.15. The Kier molecular flexibility index (Phi) is 4.41. The molecule has 0 aliphatic heterocycles. The summed E-state index contributed by atoms with van der Waals surface area (Å²) in [4.78, 5) is 1.32. The monoisotopic (exact) mass is 271 g/mol. The van der Waals surface area contributed by atoms with Gasteiger partial charge in [-0.2, -0.15) is 11.3 Å². The molecule has 2 aromatic heterocycles. The van der Waals surface area contributed by atoms with E-state index in [0.717, 1.165) is 17.2 Å². The minimum Gasteiger partial charge on any atom is -0.312 e. The molecular formula is C12H14ClNS2. The lowest BCUT2D eigenvalue weighted by atomic mass is 10.1. The second-order valence-electron chi connectivity index (χ2n) is 3.65. The summed E-state index contributed by atoms with van der Waals surface area (Å²) in [5, 5.41) is 7.70. The molecule has 0 amide bonds. The molecule has 1 N–H and O–H groups in total. The Morgan fingerprint density at radius 1 is 1.38 bits per heavy atom. The first-order chi connectivity index (χ1) is 7.79. The van der Waals surface area contributed by atoms with E-state index >= 15 is 0 Å². The summed E-state index contributed by atoms with van der Waals surface area (Å²) in [5.74, 6) is 0. The molecule has 0 aliphatic carbocycles. The minimum atomic E-state index is 0.414. The molecule has 0 saturated heterocycles. The molecule has 1 unspecified atom stereocenters. The first-order valence-corrected chi connectivity index (χ1v) is 7.37. The van der Waals surface area contributed by atoms with Gasteiger partial charge in [-0.1, -0.05) is 11.6 Å². The first-order valence-electron chi connectivity index (χ1n) is 5.23. The predicted octanol–water partition coefficient (Wildman–Crippen LogP) is 4.36. The molecule has 0 radical (unpaired) electrons. The molecule has 4 heteroatoms. The molecule has 0 aromatic carbocycles. The molecule has 0 fully saturated rings. The summed E-state index contributed by atoms with van der Waals surface area (Å²) in [5.41, 5.74) is 1.42. The van der Waals surface area contributed by atoms with Gasteiger partial charge in [0, 0.05) is 10.9 Å². The fourth-order valence-corrected chi connectivity index (χ4v) is 3.60. The number of nitrogens with one attached hydrogen (secondary N) is 1. The molecule has 2 aromatic rings. The largest absolute Gasteiger partial charge is 0.312 e. The zero-order chi connectivity index (χ0) is 11.4. The maximum Gasteiger partial charge on any atom is 0.0931 e. The Labute approximate surface area is 109 Å². The van der Waals surface area contributed by atoms with E-state index in [4.69, 9.17) is 11.6 Å². The second-order valence-corrected chi connectivity index (χ2v) is 6.18. The van der Waals surface area contributed by atoms with Crippen LogP contribution in [0.3, 0.4) is 0 Å². The highest BCUT2D eigenvalue weighted by Gasteiger charge is 2.11. The van der Waals surface area contributed by atoms with Gasteiger partial charge in [0.15, 0.2) is 0 Å². The molecule has 0 bridgehead atoms. The molecule has 0 spiro atoms. The van der Waals surface area contributed by atoms with Gasteiger partial charge in [0.05, 0.1) is 4.34 Å². The SMILES string of the molecule is CNC(CCc1ccsc1)c1ccc(Cl)s1. The Hall–Kier alpha value is -0.350. The van der Waals surface area contributed by atoms with Gasteiger partial charge in [-0.3, -0.25) is 0 Å². The van der Waals surface area contributed by atoms with Crippen molar-refractivity contribution in [3.63, 3.8) is 0 Å². The van der Waals surface area contributed by atoms with Crippen LogP contribution < -0.4 is 5.32 Å². The average molecular weight is 272 g/mol. The second kappa shape index (κ2) is 5.82. The van der Waals surface area contributed by atoms with Crippen molar-refractivity contribution < 1.29 is 0 Å². The van der Waals surface area contributed by atoms with Crippen LogP contribution in [0.5, 0.6) is 0 Å². The van der Waals surface area contributed by atoms with Gasteiger partial charge in [-0.05, 0) is 54.4 Å². The predicted molar refractivity (Wildman–Crippen MR) is 73.8 cm³/mol. The number of hydrogen-bond donors (Lipinski definition) is 1. The Morgan fingerprint density at radius 3 is 2.81 bits per heavy atom. The molecule has 1 nitrogen and oxygen atoms in total. The number of halogens is 1. The van der Waals surface area contributed by atoms with Crippen LogP contribution in [0.15, 0.2) is 29.0 Å². The van der Waals surface area contributed by atoms with Crippen LogP contribution in [-0.2, 0) is 6.42 Å². The van der Waals surface area contributed by atoms with Gasteiger partial charge in [0.2, 0.25) is 0 Å². The highest BCUT2D eigenvalue weighted by atomic mass is 35.5. The van der Waals surface area contributed by atoms with Gasteiger partial charge in [-0.25, -0.2) is 0 Å². The Balaban J connectivity index is 1.96. The molecule has 0 saturated carbocycles. The molecule has 2 rings (SSSR count). The summed E-state index contributed by atoms with van der Waals surface area (Å²) in [6.45, 7) is 0. The van der Waals surface area contributed by atoms with Crippen molar-refractivity contribution in [3.05, 3.63) is 43.7 Å². The fourth-order valence-electron chi connectivity index (χ4n) is 1.69. The van der Waals surface area contributed by atoms with Crippen LogP contribution in [0.1, 0.15) is 22.9 Å². The zero-order valence-electron chi connectivity index (χ0n) is 9.07. The Morgan fingerprint density at radius 2 is 2.25 bits per heavy atom. The highest BCUT2D eigenvalue weighted by molar-refractivity contribution is 7.16. The van der Waals surface area contributed by atoms with Gasteiger partial charge in [0.1, 0.15) is 0 Å². The normalized spacial score (nSPS) is 12.9. The first kappa shape index (κ1) is 12.1. The van der Waals surface area contributed by atoms with E-state index in [0.29, 0.717) is 6.04 Å². The third-order valence-corrected chi connectivity index (χ3v) is 4.66. The molecule has 2 heterocycles. The maximum absolute atomic E-state index is 5.95. The van der Waals surface area contributed by atoms with Gasteiger partial charge >= 0.3 is 0 Å². The van der Waals surface area contributed by atoms with Crippen molar-refractivity contribution in [1.29, 1.82) is 0 Å². The fraction of sp³-hybridized carbons (Fsp3) is 0.333. The molecule has 16 heavy (non-hydrogen) atoms. The van der Waals surface area contributed by atoms with Gasteiger partial charge in [-0.15, -0.1) is 11.3 Å². The van der Waals surface area contributed by atoms with Crippen LogP contribution >= 0.6 is 34.3 Å². The number of aryl methyl sites for hydroxylation is 1. The topological polar surface area (TPSA) is 12.0 Å². The van der Waals surface area contributed by atoms with Crippen molar-refractivity contribution in [2.24, 2.45) is 0 Å². The molecule has 0 aliphatic rings. The van der Waals surface area contributed by atoms with Crippen molar-refractivity contribution >= 4 is 34.3 Å². The van der Waals surface area contributed by atoms with E-state index in [1.165, 1.54) is 10.4 Å². The van der Waals surface area contributed by atoms with Gasteiger partial charge < -0.3 is 5.32 Å². The lowest BCUT2D eigenvalue weighted by Gasteiger charge is -2.13. The third kappa shape index (κ3) is 3.08. The standard InChI is InChI=1S/C12H14ClNS2/c1-14-10(11-4-5-12(13)16-11)3-2-9-6-7-15-8-9/h4-8,10,14H,2-3H2,1H3. The van der Waals surface area contributed by atoms with Crippen molar-refractivity contribution in [3.8, 4) is 0 Å². The molecular weight excluding hydrogens is 258 g/mol. The van der Waals surface area contributed by atoms with Crippen LogP contribution in [0, 0.1) is 0 Å². The van der Waals surface area contributed by atoms with E-state index in [9.17, 15) is 0 Å². The summed E-state index contributed by atoms with van der Waals surface area (Å²) >= 11 is 9.38. The zero-order valence-corrected chi connectivity index (χ0v) is 11.5. The van der Waals surface area contributed by atoms with E-state index in [-0.39, 0.29) is 0 Å². The van der Waals surface area contributed by atoms with Crippen LogP contribution in [0.2, 0.25) is 4.34 Å². The summed E-state index contributed by atoms with van der Waals surface area (Å²) in [7, 11) is 2.01.